The molecule has 1 fully saturated rings. The highest BCUT2D eigenvalue weighted by molar-refractivity contribution is 8.00. The zero-order chi connectivity index (χ0) is 19.3. The first kappa shape index (κ1) is 21.0. The Morgan fingerprint density at radius 1 is 1.38 bits per heavy atom. The number of aliphatic carboxylic acids is 1. The molecule has 26 heavy (non-hydrogen) atoms. The third-order valence-electron chi connectivity index (χ3n) is 4.14. The van der Waals surface area contributed by atoms with Crippen LogP contribution in [0, 0.1) is 5.92 Å². The summed E-state index contributed by atoms with van der Waals surface area (Å²) in [6.07, 6.45) is 1.92. The molecule has 7 nitrogen and oxygen atoms in total. The van der Waals surface area contributed by atoms with Gasteiger partial charge < -0.3 is 14.6 Å². The van der Waals surface area contributed by atoms with Crippen LogP contribution in [0.1, 0.15) is 32.6 Å². The first-order valence-corrected chi connectivity index (χ1v) is 11.4. The van der Waals surface area contributed by atoms with Crippen molar-refractivity contribution in [2.45, 2.75) is 38.0 Å². The maximum Gasteiger partial charge on any atom is 0.306 e. The maximum absolute atomic E-state index is 12.4. The number of carboxylic acids is 1. The van der Waals surface area contributed by atoms with Gasteiger partial charge in [0.25, 0.3) is 0 Å². The van der Waals surface area contributed by atoms with Crippen LogP contribution in [-0.2, 0) is 35.7 Å². The summed E-state index contributed by atoms with van der Waals surface area (Å²) in [4.78, 5) is 48.5. The Morgan fingerprint density at radius 3 is 2.73 bits per heavy atom. The summed E-state index contributed by atoms with van der Waals surface area (Å²) in [5.74, 6) is -2.51. The normalized spacial score (nSPS) is 22.0. The molecule has 2 heterocycles. The van der Waals surface area contributed by atoms with E-state index in [9.17, 15) is 24.3 Å². The minimum Gasteiger partial charge on any atom is -0.543 e. The molecule has 142 valence electrons. The Balaban J connectivity index is 2.07. The van der Waals surface area contributed by atoms with Crippen LogP contribution in [0.5, 0.6) is 0 Å². The molecule has 2 aliphatic rings. The van der Waals surface area contributed by atoms with E-state index in [1.54, 1.807) is 0 Å². The number of thioether (sulfide) groups is 1. The molecule has 1 saturated heterocycles. The second kappa shape index (κ2) is 9.58. The fourth-order valence-corrected chi connectivity index (χ4v) is 4.86. The molecule has 0 N–H and O–H groups in total. The Bertz CT molecular complexity index is 665. The average molecular weight is 416 g/mol. The molecule has 0 aromatic carbocycles. The topological polar surface area (TPSA) is 104 Å². The lowest BCUT2D eigenvalue weighted by atomic mass is 9.89. The highest BCUT2D eigenvalue weighted by Gasteiger charge is 2.52. The minimum absolute atomic E-state index is 0.00540. The molecule has 0 aromatic heterocycles. The number of fused-ring (bicyclic) bond motifs is 1. The Hall–Kier alpha value is -1.31. The number of nitrogens with zero attached hydrogens (tertiary/aromatic N) is 1. The highest BCUT2D eigenvalue weighted by Crippen LogP contribution is 2.45. The summed E-state index contributed by atoms with van der Waals surface area (Å²) in [6, 6.07) is 0. The van der Waals surface area contributed by atoms with Gasteiger partial charge in [-0.1, -0.05) is 18.7 Å². The number of ketones is 1. The van der Waals surface area contributed by atoms with Crippen LogP contribution in [0.25, 0.3) is 0 Å². The number of carbonyl (C=O) groups excluding carboxylic acids is 4. The molecule has 0 bridgehead atoms. The van der Waals surface area contributed by atoms with Gasteiger partial charge in [-0.2, -0.15) is 0 Å². The van der Waals surface area contributed by atoms with E-state index in [0.29, 0.717) is 37.7 Å². The van der Waals surface area contributed by atoms with Gasteiger partial charge in [0.15, 0.2) is 0 Å². The van der Waals surface area contributed by atoms with E-state index in [2.05, 4.69) is 0 Å². The summed E-state index contributed by atoms with van der Waals surface area (Å²) in [7, 11) is 0.662. The van der Waals surface area contributed by atoms with Crippen LogP contribution < -0.4 is 5.11 Å². The second-order valence-electron chi connectivity index (χ2n) is 6.01. The van der Waals surface area contributed by atoms with Crippen LogP contribution in [0.4, 0.5) is 0 Å². The van der Waals surface area contributed by atoms with E-state index in [4.69, 9.17) is 16.5 Å². The van der Waals surface area contributed by atoms with E-state index in [1.807, 2.05) is 6.92 Å². The van der Waals surface area contributed by atoms with Gasteiger partial charge in [0.05, 0.1) is 29.4 Å². The fraction of sp³-hybridized carbons (Fsp3) is 0.625. The zero-order valence-corrected chi connectivity index (χ0v) is 16.8. The number of amides is 1. The fourth-order valence-electron chi connectivity index (χ4n) is 2.92. The summed E-state index contributed by atoms with van der Waals surface area (Å²) in [6.45, 7) is 1.69. The molecule has 0 spiro atoms. The van der Waals surface area contributed by atoms with Crippen molar-refractivity contribution in [3.63, 3.8) is 0 Å². The standard InChI is InChI=1S/C16H20NO6PS2/c1-2-3-10(18)6-11-14(20)17-13(16(21)22)9(8-26-15(11)17)7-23-12(19)4-5-24-25/h11,15H,2-8H2,1H3,(H,21,22)/p-1. The van der Waals surface area contributed by atoms with Crippen LogP contribution in [-0.4, -0.2) is 52.4 Å². The molecular formula is C16H19NO6PS2-. The van der Waals surface area contributed by atoms with Crippen molar-refractivity contribution < 1.29 is 29.0 Å². The molecule has 0 aromatic rings. The number of rotatable bonds is 10. The lowest BCUT2D eigenvalue weighted by Crippen LogP contribution is -2.63. The van der Waals surface area contributed by atoms with E-state index in [-0.39, 0.29) is 42.2 Å². The van der Waals surface area contributed by atoms with Crippen LogP contribution in [0.3, 0.4) is 0 Å². The van der Waals surface area contributed by atoms with Crippen molar-refractivity contribution in [2.75, 3.05) is 18.5 Å². The first-order chi connectivity index (χ1) is 12.4. The predicted molar refractivity (Wildman–Crippen MR) is 97.9 cm³/mol. The number of carboxylic acid groups (broad SMARTS) is 1. The van der Waals surface area contributed by atoms with Gasteiger partial charge in [-0.3, -0.25) is 19.3 Å². The van der Waals surface area contributed by atoms with Gasteiger partial charge in [0.1, 0.15) is 12.4 Å². The van der Waals surface area contributed by atoms with Crippen LogP contribution in [0.2, 0.25) is 0 Å². The summed E-state index contributed by atoms with van der Waals surface area (Å²) in [5, 5.41) is 11.2. The minimum atomic E-state index is -1.47. The lowest BCUT2D eigenvalue weighted by molar-refractivity contribution is -0.301. The Morgan fingerprint density at radius 2 is 2.12 bits per heavy atom. The molecule has 2 unspecified atom stereocenters. The van der Waals surface area contributed by atoms with Gasteiger partial charge in [0, 0.05) is 30.3 Å². The van der Waals surface area contributed by atoms with Crippen molar-refractivity contribution in [3.05, 3.63) is 11.3 Å². The van der Waals surface area contributed by atoms with Gasteiger partial charge in [-0.05, 0) is 13.8 Å². The molecule has 2 atom stereocenters. The second-order valence-corrected chi connectivity index (χ2v) is 8.60. The van der Waals surface area contributed by atoms with Gasteiger partial charge in [-0.25, -0.2) is 0 Å². The van der Waals surface area contributed by atoms with E-state index >= 15 is 0 Å². The number of β-lactam (4-membered cyclic amide) rings is 1. The van der Waals surface area contributed by atoms with Crippen molar-refractivity contribution in [1.82, 2.24) is 4.90 Å². The maximum atomic E-state index is 12.4. The molecule has 0 saturated carbocycles. The van der Waals surface area contributed by atoms with Crippen molar-refractivity contribution in [3.8, 4) is 0 Å². The number of Topliss-reactive ketones (excluding diaryl/α,β-unsaturated/α-hetero) is 1. The van der Waals surface area contributed by atoms with Gasteiger partial charge in [-0.15, -0.1) is 11.8 Å². The number of hydrogen-bond acceptors (Lipinski definition) is 8. The molecule has 0 aliphatic carbocycles. The quantitative estimate of drug-likeness (QED) is 0.290. The van der Waals surface area contributed by atoms with Crippen molar-refractivity contribution in [2.24, 2.45) is 5.92 Å². The van der Waals surface area contributed by atoms with E-state index in [1.165, 1.54) is 16.7 Å². The molecule has 2 rings (SSSR count). The van der Waals surface area contributed by atoms with Crippen molar-refractivity contribution in [1.29, 1.82) is 0 Å². The number of ether oxygens (including phenoxy) is 1. The first-order valence-electron chi connectivity index (χ1n) is 8.25. The zero-order valence-electron chi connectivity index (χ0n) is 14.3. The van der Waals surface area contributed by atoms with Crippen molar-refractivity contribution >= 4 is 54.6 Å². The average Bonchev–Trinajstić information content (AvgIpc) is 2.61. The highest BCUT2D eigenvalue weighted by atomic mass is 32.4. The molecule has 0 radical (unpaired) electrons. The summed E-state index contributed by atoms with van der Waals surface area (Å²) < 4.78 is 5.09. The summed E-state index contributed by atoms with van der Waals surface area (Å²) in [5.41, 5.74) is 0.106. The van der Waals surface area contributed by atoms with Crippen LogP contribution >= 0.6 is 19.1 Å². The largest absolute Gasteiger partial charge is 0.543 e. The SMILES string of the molecule is CCCC(=O)CC1C(=O)N2C(C(=O)[O-])=C(COC(=O)CCP=S)CSC12. The van der Waals surface area contributed by atoms with Gasteiger partial charge in [0.2, 0.25) is 5.91 Å². The Labute approximate surface area is 162 Å². The number of carbonyl (C=O) groups is 4. The number of hydrogen-bond donors (Lipinski definition) is 0. The molecular weight excluding hydrogens is 397 g/mol. The molecule has 2 aliphatic heterocycles. The third kappa shape index (κ3) is 4.69. The molecule has 10 heteroatoms. The predicted octanol–water partition coefficient (Wildman–Crippen LogP) is 0.622. The van der Waals surface area contributed by atoms with E-state index < -0.39 is 17.9 Å². The summed E-state index contributed by atoms with van der Waals surface area (Å²) >= 11 is 6.11. The third-order valence-corrected chi connectivity index (χ3v) is 6.49. The van der Waals surface area contributed by atoms with Gasteiger partial charge >= 0.3 is 5.97 Å². The van der Waals surface area contributed by atoms with E-state index in [0.717, 1.165) is 0 Å². The monoisotopic (exact) mass is 416 g/mol. The molecule has 1 amide bonds. The van der Waals surface area contributed by atoms with Crippen LogP contribution in [0.15, 0.2) is 11.3 Å². The number of esters is 1. The Kier molecular flexibility index (Phi) is 7.73. The smallest absolute Gasteiger partial charge is 0.306 e. The lowest BCUT2D eigenvalue weighted by Gasteiger charge is -2.50.